The van der Waals surface area contributed by atoms with Gasteiger partial charge in [0.2, 0.25) is 0 Å². The molecular weight excluding hydrogens is 352 g/mol. The van der Waals surface area contributed by atoms with Gasteiger partial charge in [0.15, 0.2) is 0 Å². The van der Waals surface area contributed by atoms with Gasteiger partial charge in [-0.25, -0.2) is 0 Å². The summed E-state index contributed by atoms with van der Waals surface area (Å²) < 4.78 is 10.7. The van der Waals surface area contributed by atoms with Crippen molar-refractivity contribution in [2.24, 2.45) is 17.0 Å². The molecule has 5 heteroatoms. The molecule has 28 heavy (non-hydrogen) atoms. The minimum absolute atomic E-state index is 0.198. The molecule has 0 radical (unpaired) electrons. The van der Waals surface area contributed by atoms with Crippen molar-refractivity contribution in [3.8, 4) is 11.5 Å². The molecule has 148 valence electrons. The van der Waals surface area contributed by atoms with E-state index >= 15 is 0 Å². The Kier molecular flexibility index (Phi) is 5.53. The topological polar surface area (TPSA) is 52.1 Å². The second kappa shape index (κ2) is 8.23. The minimum atomic E-state index is 0.198. The number of fused-ring (bicyclic) bond motifs is 2. The molecule has 1 aliphatic carbocycles. The summed E-state index contributed by atoms with van der Waals surface area (Å²) in [6.45, 7) is 0. The number of rotatable bonds is 5. The molecule has 0 spiro atoms. The van der Waals surface area contributed by atoms with Gasteiger partial charge < -0.3 is 19.6 Å². The molecule has 4 atom stereocenters. The van der Waals surface area contributed by atoms with Crippen LogP contribution in [0.15, 0.2) is 53.7 Å². The summed E-state index contributed by atoms with van der Waals surface area (Å²) in [5, 5.41) is 8.45. The van der Waals surface area contributed by atoms with Crippen LogP contribution in [-0.4, -0.2) is 27.0 Å². The van der Waals surface area contributed by atoms with E-state index in [1.165, 1.54) is 23.3 Å². The number of hydrogen-bond donors (Lipinski definition) is 1. The van der Waals surface area contributed by atoms with Crippen LogP contribution in [0.4, 0.5) is 0 Å². The average molecular weight is 380 g/mol. The fourth-order valence-electron chi connectivity index (χ4n) is 4.75. The summed E-state index contributed by atoms with van der Waals surface area (Å²) in [5.74, 6) is 2.44. The van der Waals surface area contributed by atoms with Crippen LogP contribution < -0.4 is 14.8 Å². The van der Waals surface area contributed by atoms with Gasteiger partial charge in [-0.15, -0.1) is 0 Å². The summed E-state index contributed by atoms with van der Waals surface area (Å²) in [6.07, 6.45) is 3.45. The van der Waals surface area contributed by atoms with E-state index in [1.807, 2.05) is 24.3 Å². The van der Waals surface area contributed by atoms with Crippen molar-refractivity contribution in [3.63, 3.8) is 0 Å². The first kappa shape index (κ1) is 18.8. The molecule has 4 rings (SSSR count). The maximum absolute atomic E-state index is 5.33. The zero-order valence-corrected chi connectivity index (χ0v) is 16.7. The first-order chi connectivity index (χ1) is 13.7. The van der Waals surface area contributed by atoms with Gasteiger partial charge in [0, 0.05) is 23.9 Å². The zero-order valence-electron chi connectivity index (χ0n) is 16.7. The van der Waals surface area contributed by atoms with Crippen molar-refractivity contribution in [3.05, 3.63) is 59.7 Å². The number of nitrogens with zero attached hydrogens (tertiary/aromatic N) is 1. The molecule has 4 unspecified atom stereocenters. The van der Waals surface area contributed by atoms with Gasteiger partial charge in [0.25, 0.3) is 0 Å². The molecule has 1 saturated carbocycles. The number of methoxy groups -OCH3 is 2. The van der Waals surface area contributed by atoms with Gasteiger partial charge in [-0.1, -0.05) is 35.8 Å². The fraction of sp³-hybridized carbons (Fsp3) is 0.435. The lowest BCUT2D eigenvalue weighted by atomic mass is 9.67. The SMILES string of the molecule is CON=C1C2CCCC1C(c1ccc(OC)cc1)NC2c1ccc(OC)cc1. The van der Waals surface area contributed by atoms with Crippen molar-refractivity contribution >= 4 is 5.71 Å². The van der Waals surface area contributed by atoms with Crippen molar-refractivity contribution in [1.82, 2.24) is 5.32 Å². The monoisotopic (exact) mass is 380 g/mol. The first-order valence-corrected chi connectivity index (χ1v) is 9.90. The van der Waals surface area contributed by atoms with Crippen molar-refractivity contribution in [1.29, 1.82) is 0 Å². The Bertz CT molecular complexity index is 753. The summed E-state index contributed by atoms with van der Waals surface area (Å²) in [7, 11) is 5.04. The highest BCUT2D eigenvalue weighted by Crippen LogP contribution is 2.46. The molecule has 1 N–H and O–H groups in total. The summed E-state index contributed by atoms with van der Waals surface area (Å²) >= 11 is 0. The van der Waals surface area contributed by atoms with Crippen LogP contribution >= 0.6 is 0 Å². The van der Waals surface area contributed by atoms with E-state index in [4.69, 9.17) is 14.3 Å². The van der Waals surface area contributed by atoms with Crippen LogP contribution in [0.2, 0.25) is 0 Å². The van der Waals surface area contributed by atoms with E-state index in [2.05, 4.69) is 34.7 Å². The van der Waals surface area contributed by atoms with Gasteiger partial charge in [0.1, 0.15) is 18.6 Å². The molecule has 0 amide bonds. The zero-order chi connectivity index (χ0) is 19.5. The molecule has 1 saturated heterocycles. The highest BCUT2D eigenvalue weighted by Gasteiger charge is 2.45. The maximum atomic E-state index is 5.33. The molecule has 0 aromatic heterocycles. The Morgan fingerprint density at radius 2 is 1.21 bits per heavy atom. The Morgan fingerprint density at radius 1 is 0.750 bits per heavy atom. The average Bonchev–Trinajstić information content (AvgIpc) is 2.74. The summed E-state index contributed by atoms with van der Waals surface area (Å²) in [5.41, 5.74) is 3.70. The third-order valence-corrected chi connectivity index (χ3v) is 6.10. The van der Waals surface area contributed by atoms with Crippen LogP contribution in [0.1, 0.15) is 42.5 Å². The van der Waals surface area contributed by atoms with Gasteiger partial charge >= 0.3 is 0 Å². The molecule has 2 aliphatic rings. The Morgan fingerprint density at radius 3 is 1.61 bits per heavy atom. The standard InChI is InChI=1S/C23H28N2O3/c1-26-17-11-7-15(8-12-17)21-19-5-4-6-20(23(19)25-28-3)22(24-21)16-9-13-18(27-2)14-10-16/h7-14,19-22,24H,4-6H2,1-3H3. The number of piperidine rings is 1. The predicted molar refractivity (Wildman–Crippen MR) is 110 cm³/mol. The van der Waals surface area contributed by atoms with Crippen molar-refractivity contribution in [2.75, 3.05) is 21.3 Å². The Balaban J connectivity index is 1.72. The van der Waals surface area contributed by atoms with E-state index in [0.717, 1.165) is 24.3 Å². The normalized spacial score (nSPS) is 26.5. The van der Waals surface area contributed by atoms with E-state index < -0.39 is 0 Å². The third-order valence-electron chi connectivity index (χ3n) is 6.10. The third kappa shape index (κ3) is 3.47. The van der Waals surface area contributed by atoms with Gasteiger partial charge in [-0.2, -0.15) is 0 Å². The number of benzene rings is 2. The number of hydrogen-bond acceptors (Lipinski definition) is 5. The molecule has 2 bridgehead atoms. The summed E-state index contributed by atoms with van der Waals surface area (Å²) in [4.78, 5) is 5.28. The lowest BCUT2D eigenvalue weighted by molar-refractivity contribution is 0.180. The molecule has 2 aromatic carbocycles. The highest BCUT2D eigenvalue weighted by molar-refractivity contribution is 5.91. The largest absolute Gasteiger partial charge is 0.497 e. The van der Waals surface area contributed by atoms with Gasteiger partial charge in [0.05, 0.1) is 19.9 Å². The minimum Gasteiger partial charge on any atom is -0.497 e. The number of oxime groups is 1. The van der Waals surface area contributed by atoms with Crippen molar-refractivity contribution in [2.45, 2.75) is 31.3 Å². The fourth-order valence-corrected chi connectivity index (χ4v) is 4.75. The molecular formula is C23H28N2O3. The molecule has 5 nitrogen and oxygen atoms in total. The van der Waals surface area contributed by atoms with Crippen LogP contribution in [0, 0.1) is 11.8 Å². The van der Waals surface area contributed by atoms with E-state index in [0.29, 0.717) is 11.8 Å². The smallest absolute Gasteiger partial charge is 0.118 e. The van der Waals surface area contributed by atoms with Crippen LogP contribution in [0.3, 0.4) is 0 Å². The lowest BCUT2D eigenvalue weighted by Gasteiger charge is -2.47. The van der Waals surface area contributed by atoms with Gasteiger partial charge in [-0.3, -0.25) is 0 Å². The van der Waals surface area contributed by atoms with Crippen LogP contribution in [-0.2, 0) is 4.84 Å². The van der Waals surface area contributed by atoms with Crippen molar-refractivity contribution < 1.29 is 14.3 Å². The Labute approximate surface area is 166 Å². The second-order valence-corrected chi connectivity index (χ2v) is 7.51. The number of nitrogens with one attached hydrogen (secondary N) is 1. The second-order valence-electron chi connectivity index (χ2n) is 7.51. The van der Waals surface area contributed by atoms with Crippen LogP contribution in [0.5, 0.6) is 11.5 Å². The van der Waals surface area contributed by atoms with E-state index in [-0.39, 0.29) is 12.1 Å². The lowest BCUT2D eigenvalue weighted by Crippen LogP contribution is -2.50. The van der Waals surface area contributed by atoms with Gasteiger partial charge in [-0.05, 0) is 48.2 Å². The molecule has 2 aromatic rings. The number of ether oxygens (including phenoxy) is 2. The Hall–Kier alpha value is -2.53. The van der Waals surface area contributed by atoms with Crippen LogP contribution in [0.25, 0.3) is 0 Å². The molecule has 1 aliphatic heterocycles. The highest BCUT2D eigenvalue weighted by atomic mass is 16.6. The predicted octanol–water partition coefficient (Wildman–Crippen LogP) is 4.51. The summed E-state index contributed by atoms with van der Waals surface area (Å²) in [6, 6.07) is 17.1. The quantitative estimate of drug-likeness (QED) is 0.776. The van der Waals surface area contributed by atoms with E-state index in [9.17, 15) is 0 Å². The molecule has 2 fully saturated rings. The van der Waals surface area contributed by atoms with E-state index in [1.54, 1.807) is 21.3 Å². The first-order valence-electron chi connectivity index (χ1n) is 9.90. The molecule has 1 heterocycles. The maximum Gasteiger partial charge on any atom is 0.118 e.